The topological polar surface area (TPSA) is 152 Å². The fourth-order valence-corrected chi connectivity index (χ4v) is 5.99. The van der Waals surface area contributed by atoms with Gasteiger partial charge in [-0.1, -0.05) is 25.4 Å². The summed E-state index contributed by atoms with van der Waals surface area (Å²) in [6.45, 7) is 10.5. The summed E-state index contributed by atoms with van der Waals surface area (Å²) in [6.07, 6.45) is 6.69. The number of nitrogens with one attached hydrogen (secondary N) is 2. The highest BCUT2D eigenvalue weighted by molar-refractivity contribution is 7.95. The number of carbonyl (C=O) groups is 1. The minimum absolute atomic E-state index is 0.000753. The number of aliphatic imine (C=N–C) groups is 1. The van der Waals surface area contributed by atoms with Crippen molar-refractivity contribution in [3.63, 3.8) is 0 Å². The second kappa shape index (κ2) is 13.5. The molecule has 1 saturated heterocycles. The highest BCUT2D eigenvalue weighted by Gasteiger charge is 2.29. The van der Waals surface area contributed by atoms with Crippen LogP contribution in [0, 0.1) is 12.8 Å². The molecule has 2 heterocycles. The second-order valence-electron chi connectivity index (χ2n) is 11.7. The van der Waals surface area contributed by atoms with Crippen LogP contribution in [-0.4, -0.2) is 66.9 Å². The van der Waals surface area contributed by atoms with Gasteiger partial charge in [0.05, 0.1) is 28.9 Å². The molecule has 13 heteroatoms. The maximum atomic E-state index is 12.7. The van der Waals surface area contributed by atoms with Crippen LogP contribution in [0.15, 0.2) is 34.0 Å². The van der Waals surface area contributed by atoms with E-state index in [0.717, 1.165) is 44.3 Å². The predicted octanol–water partition coefficient (Wildman–Crippen LogP) is 5.15. The lowest BCUT2D eigenvalue weighted by atomic mass is 9.86. The molecular formula is C30H42ClN7O4S. The SMILES string of the molecule is CN=CC(Nc1nc(Nc2cc(C)c(C3CCN(C(=O)C(C)C)CC3)cc2OC2CC2)ncc1Cl)=C(N)S(=O)(=O)C(C)C. The molecule has 1 amide bonds. The molecule has 1 aromatic carbocycles. The number of allylic oxidation sites excluding steroid dienone is 1. The van der Waals surface area contributed by atoms with Gasteiger partial charge in [0.15, 0.2) is 20.7 Å². The average molecular weight is 632 g/mol. The molecule has 0 spiro atoms. The molecule has 0 unspecified atom stereocenters. The van der Waals surface area contributed by atoms with Crippen molar-refractivity contribution < 1.29 is 17.9 Å². The Morgan fingerprint density at radius 1 is 1.19 bits per heavy atom. The molecule has 0 bridgehead atoms. The number of rotatable bonds is 11. The van der Waals surface area contributed by atoms with Crippen LogP contribution in [0.3, 0.4) is 0 Å². The summed E-state index contributed by atoms with van der Waals surface area (Å²) in [4.78, 5) is 27.2. The first-order chi connectivity index (χ1) is 20.3. The minimum Gasteiger partial charge on any atom is -0.488 e. The third-order valence-corrected chi connectivity index (χ3v) is 9.97. The number of hydrogen-bond acceptors (Lipinski definition) is 10. The van der Waals surface area contributed by atoms with Crippen molar-refractivity contribution in [3.05, 3.63) is 45.2 Å². The molecule has 43 heavy (non-hydrogen) atoms. The zero-order chi connectivity index (χ0) is 31.5. The molecule has 4 N–H and O–H groups in total. The number of carbonyl (C=O) groups excluding carboxylic acids is 1. The first kappa shape index (κ1) is 32.5. The number of sulfone groups is 1. The number of amides is 1. The number of hydrogen-bond donors (Lipinski definition) is 3. The third kappa shape index (κ3) is 7.77. The van der Waals surface area contributed by atoms with Crippen molar-refractivity contribution in [1.82, 2.24) is 14.9 Å². The van der Waals surface area contributed by atoms with E-state index in [9.17, 15) is 13.2 Å². The van der Waals surface area contributed by atoms with Crippen molar-refractivity contribution >= 4 is 51.0 Å². The van der Waals surface area contributed by atoms with Crippen LogP contribution in [0.25, 0.3) is 0 Å². The van der Waals surface area contributed by atoms with E-state index in [-0.39, 0.29) is 45.4 Å². The van der Waals surface area contributed by atoms with Crippen LogP contribution in [0.2, 0.25) is 5.02 Å². The smallest absolute Gasteiger partial charge is 0.229 e. The Morgan fingerprint density at radius 3 is 2.44 bits per heavy atom. The summed E-state index contributed by atoms with van der Waals surface area (Å²) < 4.78 is 31.7. The van der Waals surface area contributed by atoms with E-state index >= 15 is 0 Å². The Bertz CT molecular complexity index is 1510. The van der Waals surface area contributed by atoms with Crippen molar-refractivity contribution in [3.8, 4) is 5.75 Å². The van der Waals surface area contributed by atoms with Crippen LogP contribution < -0.4 is 21.1 Å². The Labute approximate surface area is 259 Å². The summed E-state index contributed by atoms with van der Waals surface area (Å²) in [6, 6.07) is 4.14. The Kier molecular flexibility index (Phi) is 10.2. The first-order valence-electron chi connectivity index (χ1n) is 14.6. The van der Waals surface area contributed by atoms with E-state index < -0.39 is 15.1 Å². The van der Waals surface area contributed by atoms with E-state index in [4.69, 9.17) is 22.1 Å². The molecule has 2 aliphatic rings. The molecule has 0 atom stereocenters. The number of aryl methyl sites for hydroxylation is 1. The van der Waals surface area contributed by atoms with Gasteiger partial charge in [-0.2, -0.15) is 4.98 Å². The normalized spacial score (nSPS) is 17.0. The van der Waals surface area contributed by atoms with Crippen molar-refractivity contribution in [2.45, 2.75) is 77.6 Å². The fraction of sp³-hybridized carbons (Fsp3) is 0.533. The van der Waals surface area contributed by atoms with Crippen molar-refractivity contribution in [2.24, 2.45) is 16.6 Å². The molecule has 0 radical (unpaired) electrons. The number of piperidine rings is 1. The van der Waals surface area contributed by atoms with Crippen LogP contribution in [0.4, 0.5) is 17.5 Å². The molecule has 1 saturated carbocycles. The van der Waals surface area contributed by atoms with E-state index in [1.54, 1.807) is 13.8 Å². The molecule has 11 nitrogen and oxygen atoms in total. The zero-order valence-corrected chi connectivity index (χ0v) is 27.2. The van der Waals surface area contributed by atoms with Gasteiger partial charge in [-0.15, -0.1) is 0 Å². The number of nitrogens with zero attached hydrogens (tertiary/aromatic N) is 4. The molecular weight excluding hydrogens is 590 g/mol. The molecule has 2 fully saturated rings. The van der Waals surface area contributed by atoms with Gasteiger partial charge in [-0.3, -0.25) is 9.79 Å². The first-order valence-corrected chi connectivity index (χ1v) is 16.6. The monoisotopic (exact) mass is 631 g/mol. The highest BCUT2D eigenvalue weighted by Crippen LogP contribution is 2.40. The number of nitrogens with two attached hydrogens (primary N) is 1. The fourth-order valence-electron chi connectivity index (χ4n) is 4.94. The number of benzene rings is 1. The molecule has 4 rings (SSSR count). The van der Waals surface area contributed by atoms with Gasteiger partial charge in [0, 0.05) is 32.3 Å². The van der Waals surface area contributed by atoms with E-state index in [0.29, 0.717) is 17.4 Å². The van der Waals surface area contributed by atoms with E-state index in [2.05, 4.69) is 38.6 Å². The summed E-state index contributed by atoms with van der Waals surface area (Å²) in [7, 11) is -2.26. The van der Waals surface area contributed by atoms with Gasteiger partial charge in [0.25, 0.3) is 0 Å². The van der Waals surface area contributed by atoms with E-state index in [1.165, 1.54) is 25.0 Å². The Balaban J connectivity index is 1.60. The zero-order valence-electron chi connectivity index (χ0n) is 25.6. The lowest BCUT2D eigenvalue weighted by Gasteiger charge is -2.34. The third-order valence-electron chi connectivity index (χ3n) is 7.62. The predicted molar refractivity (Wildman–Crippen MR) is 172 cm³/mol. The van der Waals surface area contributed by atoms with Gasteiger partial charge in [0.1, 0.15) is 10.8 Å². The minimum atomic E-state index is -3.77. The van der Waals surface area contributed by atoms with Crippen LogP contribution in [0.1, 0.15) is 70.4 Å². The largest absolute Gasteiger partial charge is 0.488 e. The summed E-state index contributed by atoms with van der Waals surface area (Å²) in [5, 5.41) is 5.27. The number of halogens is 1. The van der Waals surface area contributed by atoms with Gasteiger partial charge in [-0.05, 0) is 75.6 Å². The number of anilines is 3. The summed E-state index contributed by atoms with van der Waals surface area (Å²) in [5.74, 6) is 1.64. The Morgan fingerprint density at radius 2 is 1.86 bits per heavy atom. The summed E-state index contributed by atoms with van der Waals surface area (Å²) in [5.41, 5.74) is 9.12. The average Bonchev–Trinajstić information content (AvgIpc) is 3.79. The molecule has 1 aliphatic heterocycles. The van der Waals surface area contributed by atoms with Gasteiger partial charge >= 0.3 is 0 Å². The molecule has 234 valence electrons. The maximum Gasteiger partial charge on any atom is 0.229 e. The molecule has 1 aliphatic carbocycles. The lowest BCUT2D eigenvalue weighted by molar-refractivity contribution is -0.135. The number of ether oxygens (including phenoxy) is 1. The summed E-state index contributed by atoms with van der Waals surface area (Å²) >= 11 is 6.39. The second-order valence-corrected chi connectivity index (χ2v) is 14.6. The number of likely N-dealkylation sites (tertiary alicyclic amines) is 1. The van der Waals surface area contributed by atoms with E-state index in [1.807, 2.05) is 24.8 Å². The molecule has 2 aromatic rings. The number of aromatic nitrogens is 2. The Hall–Kier alpha value is -3.38. The standard InChI is InChI=1S/C30H42ClN7O4S/c1-17(2)29(39)38-11-9-20(10-12-38)22-14-26(42-21-7-8-21)24(13-19(22)5)36-30-34-15-23(31)28(37-30)35-25(16-33-6)27(32)43(40,41)18(3)4/h13-18,20-21H,7-12,32H2,1-6H3,(H2,34,35,36,37). The van der Waals surface area contributed by atoms with Gasteiger partial charge in [-0.25, -0.2) is 13.4 Å². The van der Waals surface area contributed by atoms with Crippen molar-refractivity contribution in [1.29, 1.82) is 0 Å². The molecule has 1 aromatic heterocycles. The van der Waals surface area contributed by atoms with Crippen molar-refractivity contribution in [2.75, 3.05) is 30.8 Å². The van der Waals surface area contributed by atoms with Gasteiger partial charge in [0.2, 0.25) is 11.9 Å². The lowest BCUT2D eigenvalue weighted by Crippen LogP contribution is -2.40. The van der Waals surface area contributed by atoms with Crippen LogP contribution in [-0.2, 0) is 14.6 Å². The van der Waals surface area contributed by atoms with Gasteiger partial charge < -0.3 is 26.0 Å². The highest BCUT2D eigenvalue weighted by atomic mass is 35.5. The van der Waals surface area contributed by atoms with Crippen LogP contribution in [0.5, 0.6) is 5.75 Å². The maximum absolute atomic E-state index is 12.7. The van der Waals surface area contributed by atoms with Crippen LogP contribution >= 0.6 is 11.6 Å². The quantitative estimate of drug-likeness (QED) is 0.286.